The van der Waals surface area contributed by atoms with Gasteiger partial charge >= 0.3 is 0 Å². The predicted molar refractivity (Wildman–Crippen MR) is 78.1 cm³/mol. The SMILES string of the molecule is CCOc1ccccc1C(=O)N1CC(C)(C)OC[C@@H]1C. The third kappa shape index (κ3) is 3.12. The first-order valence-electron chi connectivity index (χ1n) is 7.11. The summed E-state index contributed by atoms with van der Waals surface area (Å²) in [5, 5.41) is 0. The molecule has 2 rings (SSSR count). The molecule has 110 valence electrons. The van der Waals surface area contributed by atoms with Crippen molar-refractivity contribution >= 4 is 5.91 Å². The number of hydrogen-bond donors (Lipinski definition) is 0. The molecular formula is C16H23NO3. The van der Waals surface area contributed by atoms with E-state index in [1.807, 2.05) is 56.9 Å². The van der Waals surface area contributed by atoms with Gasteiger partial charge in [0.2, 0.25) is 0 Å². The molecule has 0 unspecified atom stereocenters. The zero-order valence-corrected chi connectivity index (χ0v) is 12.7. The molecule has 0 aliphatic carbocycles. The number of carbonyl (C=O) groups excluding carboxylic acids is 1. The van der Waals surface area contributed by atoms with Gasteiger partial charge in [-0.25, -0.2) is 0 Å². The third-order valence-corrected chi connectivity index (χ3v) is 3.48. The van der Waals surface area contributed by atoms with Crippen LogP contribution in [-0.2, 0) is 4.74 Å². The summed E-state index contributed by atoms with van der Waals surface area (Å²) in [5.74, 6) is 0.662. The number of rotatable bonds is 3. The Labute approximate surface area is 120 Å². The van der Waals surface area contributed by atoms with Crippen LogP contribution in [0.15, 0.2) is 24.3 Å². The van der Waals surface area contributed by atoms with Crippen molar-refractivity contribution in [1.29, 1.82) is 0 Å². The van der Waals surface area contributed by atoms with Crippen LogP contribution in [0.1, 0.15) is 38.1 Å². The van der Waals surface area contributed by atoms with E-state index >= 15 is 0 Å². The first-order valence-corrected chi connectivity index (χ1v) is 7.11. The summed E-state index contributed by atoms with van der Waals surface area (Å²) in [7, 11) is 0. The lowest BCUT2D eigenvalue weighted by molar-refractivity contribution is -0.0980. The molecule has 0 N–H and O–H groups in total. The van der Waals surface area contributed by atoms with Crippen LogP contribution in [0.2, 0.25) is 0 Å². The van der Waals surface area contributed by atoms with Gasteiger partial charge in [-0.05, 0) is 39.8 Å². The Bertz CT molecular complexity index is 484. The zero-order valence-electron chi connectivity index (χ0n) is 12.7. The fraction of sp³-hybridized carbons (Fsp3) is 0.562. The molecule has 4 nitrogen and oxygen atoms in total. The highest BCUT2D eigenvalue weighted by Crippen LogP contribution is 2.26. The minimum absolute atomic E-state index is 0.0120. The summed E-state index contributed by atoms with van der Waals surface area (Å²) in [5.41, 5.74) is 0.321. The molecule has 1 aromatic carbocycles. The number of hydrogen-bond acceptors (Lipinski definition) is 3. The molecule has 1 atom stereocenters. The number of amides is 1. The van der Waals surface area contributed by atoms with Crippen LogP contribution >= 0.6 is 0 Å². The quantitative estimate of drug-likeness (QED) is 0.852. The number of nitrogens with zero attached hydrogens (tertiary/aromatic N) is 1. The summed E-state index contributed by atoms with van der Waals surface area (Å²) in [6.07, 6.45) is 0. The largest absolute Gasteiger partial charge is 0.493 e. The van der Waals surface area contributed by atoms with Crippen LogP contribution in [-0.4, -0.2) is 42.2 Å². The molecule has 20 heavy (non-hydrogen) atoms. The van der Waals surface area contributed by atoms with Crippen molar-refractivity contribution in [2.75, 3.05) is 19.8 Å². The summed E-state index contributed by atoms with van der Waals surface area (Å²) in [6.45, 7) is 9.65. The van der Waals surface area contributed by atoms with E-state index in [-0.39, 0.29) is 17.6 Å². The van der Waals surface area contributed by atoms with Crippen LogP contribution in [0, 0.1) is 0 Å². The third-order valence-electron chi connectivity index (χ3n) is 3.48. The maximum Gasteiger partial charge on any atom is 0.258 e. The van der Waals surface area contributed by atoms with E-state index in [4.69, 9.17) is 9.47 Å². The summed E-state index contributed by atoms with van der Waals surface area (Å²) in [6, 6.07) is 7.49. The Morgan fingerprint density at radius 2 is 2.15 bits per heavy atom. The van der Waals surface area contributed by atoms with E-state index in [9.17, 15) is 4.79 Å². The van der Waals surface area contributed by atoms with Gasteiger partial charge in [-0.15, -0.1) is 0 Å². The van der Waals surface area contributed by atoms with Crippen molar-refractivity contribution < 1.29 is 14.3 Å². The van der Waals surface area contributed by atoms with Crippen molar-refractivity contribution in [1.82, 2.24) is 4.90 Å². The van der Waals surface area contributed by atoms with Gasteiger partial charge in [0.05, 0.1) is 30.4 Å². The minimum atomic E-state index is -0.303. The smallest absolute Gasteiger partial charge is 0.258 e. The molecule has 0 saturated carbocycles. The van der Waals surface area contributed by atoms with E-state index in [2.05, 4.69) is 0 Å². The standard InChI is InChI=1S/C16H23NO3/c1-5-19-14-9-7-6-8-13(14)15(18)17-11-16(3,4)20-10-12(17)2/h6-9,12H,5,10-11H2,1-4H3/t12-/m0/s1. The Morgan fingerprint density at radius 1 is 1.45 bits per heavy atom. The molecule has 1 heterocycles. The maximum absolute atomic E-state index is 12.8. The fourth-order valence-corrected chi connectivity index (χ4v) is 2.40. The van der Waals surface area contributed by atoms with E-state index in [1.165, 1.54) is 0 Å². The number of morpholine rings is 1. The molecule has 1 aliphatic heterocycles. The lowest BCUT2D eigenvalue weighted by Crippen LogP contribution is -2.55. The molecule has 1 saturated heterocycles. The molecular weight excluding hydrogens is 254 g/mol. The molecule has 0 aromatic heterocycles. The molecule has 0 radical (unpaired) electrons. The topological polar surface area (TPSA) is 38.8 Å². The first kappa shape index (κ1) is 14.9. The van der Waals surface area contributed by atoms with E-state index < -0.39 is 0 Å². The van der Waals surface area contributed by atoms with E-state index in [0.29, 0.717) is 31.1 Å². The van der Waals surface area contributed by atoms with Gasteiger partial charge in [0.1, 0.15) is 5.75 Å². The molecule has 4 heteroatoms. The van der Waals surface area contributed by atoms with Crippen LogP contribution in [0.25, 0.3) is 0 Å². The van der Waals surface area contributed by atoms with E-state index in [1.54, 1.807) is 0 Å². The predicted octanol–water partition coefficient (Wildman–Crippen LogP) is 2.72. The van der Waals surface area contributed by atoms with Crippen LogP contribution in [0.5, 0.6) is 5.75 Å². The Balaban J connectivity index is 2.26. The second-order valence-electron chi connectivity index (χ2n) is 5.78. The summed E-state index contributed by atoms with van der Waals surface area (Å²) in [4.78, 5) is 14.7. The maximum atomic E-state index is 12.8. The van der Waals surface area contributed by atoms with Gasteiger partial charge < -0.3 is 14.4 Å². The average molecular weight is 277 g/mol. The van der Waals surface area contributed by atoms with E-state index in [0.717, 1.165) is 0 Å². The van der Waals surface area contributed by atoms with Crippen molar-refractivity contribution in [3.8, 4) is 5.75 Å². The van der Waals surface area contributed by atoms with Crippen molar-refractivity contribution in [3.63, 3.8) is 0 Å². The Hall–Kier alpha value is -1.55. The van der Waals surface area contributed by atoms with Gasteiger partial charge in [-0.3, -0.25) is 4.79 Å². The lowest BCUT2D eigenvalue weighted by Gasteiger charge is -2.42. The Morgan fingerprint density at radius 3 is 2.85 bits per heavy atom. The number of para-hydroxylation sites is 1. The molecule has 0 bridgehead atoms. The lowest BCUT2D eigenvalue weighted by atomic mass is 10.0. The average Bonchev–Trinajstić information content (AvgIpc) is 2.42. The number of carbonyl (C=O) groups is 1. The second-order valence-corrected chi connectivity index (χ2v) is 5.78. The van der Waals surface area contributed by atoms with Gasteiger partial charge in [0.15, 0.2) is 0 Å². The molecule has 1 amide bonds. The minimum Gasteiger partial charge on any atom is -0.493 e. The molecule has 1 aliphatic rings. The van der Waals surface area contributed by atoms with Crippen LogP contribution in [0.3, 0.4) is 0 Å². The van der Waals surface area contributed by atoms with Crippen molar-refractivity contribution in [3.05, 3.63) is 29.8 Å². The Kier molecular flexibility index (Phi) is 4.33. The monoisotopic (exact) mass is 277 g/mol. The van der Waals surface area contributed by atoms with Crippen molar-refractivity contribution in [2.24, 2.45) is 0 Å². The summed E-state index contributed by atoms with van der Waals surface area (Å²) >= 11 is 0. The normalized spacial score (nSPS) is 21.6. The van der Waals surface area contributed by atoms with Gasteiger partial charge in [-0.2, -0.15) is 0 Å². The van der Waals surface area contributed by atoms with Gasteiger partial charge in [-0.1, -0.05) is 12.1 Å². The van der Waals surface area contributed by atoms with Crippen LogP contribution in [0.4, 0.5) is 0 Å². The zero-order chi connectivity index (χ0) is 14.8. The van der Waals surface area contributed by atoms with Gasteiger partial charge in [0.25, 0.3) is 5.91 Å². The molecule has 0 spiro atoms. The molecule has 1 aromatic rings. The highest BCUT2D eigenvalue weighted by Gasteiger charge is 2.35. The number of ether oxygens (including phenoxy) is 2. The van der Waals surface area contributed by atoms with Crippen molar-refractivity contribution in [2.45, 2.75) is 39.3 Å². The van der Waals surface area contributed by atoms with Gasteiger partial charge in [0, 0.05) is 6.54 Å². The first-order chi connectivity index (χ1) is 9.44. The molecule has 1 fully saturated rings. The highest BCUT2D eigenvalue weighted by molar-refractivity contribution is 5.97. The highest BCUT2D eigenvalue weighted by atomic mass is 16.5. The fourth-order valence-electron chi connectivity index (χ4n) is 2.40. The summed E-state index contributed by atoms with van der Waals surface area (Å²) < 4.78 is 11.3. The number of benzene rings is 1. The van der Waals surface area contributed by atoms with Crippen LogP contribution < -0.4 is 4.74 Å². The second kappa shape index (κ2) is 5.83.